The van der Waals surface area contributed by atoms with Gasteiger partial charge in [0.05, 0.1) is 10.6 Å². The van der Waals surface area contributed by atoms with Crippen molar-refractivity contribution in [1.29, 1.82) is 0 Å². The molecule has 1 heterocycles. The average molecular weight is 447 g/mol. The molecule has 10 heteroatoms. The molecule has 3 aromatic rings. The molecule has 0 bridgehead atoms. The second-order valence-electron chi connectivity index (χ2n) is 6.56. The maximum Gasteiger partial charge on any atom is 0.264 e. The summed E-state index contributed by atoms with van der Waals surface area (Å²) in [6, 6.07) is 12.7. The number of hydrogen-bond acceptors (Lipinski definition) is 5. The summed E-state index contributed by atoms with van der Waals surface area (Å²) in [6.45, 7) is 2.98. The van der Waals surface area contributed by atoms with E-state index in [9.17, 15) is 18.0 Å². The number of aromatic amines is 1. The zero-order valence-electron chi connectivity index (χ0n) is 16.2. The molecule has 0 spiro atoms. The van der Waals surface area contributed by atoms with Crippen LogP contribution in [0.4, 0.5) is 11.6 Å². The number of aryl methyl sites for hydroxylation is 1. The van der Waals surface area contributed by atoms with Crippen LogP contribution in [0.1, 0.15) is 23.7 Å². The van der Waals surface area contributed by atoms with Crippen LogP contribution in [0.3, 0.4) is 0 Å². The van der Waals surface area contributed by atoms with Crippen molar-refractivity contribution in [2.24, 2.45) is 0 Å². The molecule has 0 aliphatic carbocycles. The van der Waals surface area contributed by atoms with Gasteiger partial charge in [0, 0.05) is 29.6 Å². The zero-order valence-corrected chi connectivity index (χ0v) is 17.8. The van der Waals surface area contributed by atoms with Crippen LogP contribution in [0.25, 0.3) is 0 Å². The Morgan fingerprint density at radius 3 is 2.40 bits per heavy atom. The Hall–Kier alpha value is -3.17. The number of H-pyrrole nitrogens is 1. The van der Waals surface area contributed by atoms with E-state index >= 15 is 0 Å². The predicted molar refractivity (Wildman–Crippen MR) is 115 cm³/mol. The number of carbonyl (C=O) groups is 1. The minimum Gasteiger partial charge on any atom is -0.326 e. The average Bonchev–Trinajstić information content (AvgIpc) is 2.65. The number of benzene rings is 2. The van der Waals surface area contributed by atoms with Crippen molar-refractivity contribution in [2.45, 2.75) is 25.2 Å². The van der Waals surface area contributed by atoms with Gasteiger partial charge >= 0.3 is 0 Å². The molecule has 1 aromatic heterocycles. The first-order valence-corrected chi connectivity index (χ1v) is 10.8. The molecule has 2 aromatic carbocycles. The van der Waals surface area contributed by atoms with E-state index in [1.807, 2.05) is 12.1 Å². The van der Waals surface area contributed by atoms with Gasteiger partial charge in [-0.05, 0) is 42.8 Å². The van der Waals surface area contributed by atoms with Crippen molar-refractivity contribution in [3.05, 3.63) is 80.7 Å². The highest BCUT2D eigenvalue weighted by molar-refractivity contribution is 7.92. The number of nitrogens with one attached hydrogen (secondary N) is 3. The highest BCUT2D eigenvalue weighted by Gasteiger charge is 2.17. The van der Waals surface area contributed by atoms with Crippen LogP contribution < -0.4 is 15.6 Å². The van der Waals surface area contributed by atoms with Crippen LogP contribution in [-0.2, 0) is 21.2 Å². The molecule has 30 heavy (non-hydrogen) atoms. The molecule has 3 rings (SSSR count). The summed E-state index contributed by atoms with van der Waals surface area (Å²) in [5.74, 6) is -0.454. The Morgan fingerprint density at radius 2 is 1.80 bits per heavy atom. The number of nitrogens with zero attached hydrogens (tertiary/aromatic N) is 1. The maximum absolute atomic E-state index is 12.6. The normalized spacial score (nSPS) is 11.2. The summed E-state index contributed by atoms with van der Waals surface area (Å²) in [7, 11) is -3.99. The van der Waals surface area contributed by atoms with E-state index in [1.165, 1.54) is 31.2 Å². The number of rotatable bonds is 6. The third-order valence-corrected chi connectivity index (χ3v) is 5.99. The lowest BCUT2D eigenvalue weighted by Gasteiger charge is -2.11. The van der Waals surface area contributed by atoms with Crippen molar-refractivity contribution >= 4 is 39.2 Å². The van der Waals surface area contributed by atoms with E-state index in [-0.39, 0.29) is 23.2 Å². The quantitative estimate of drug-likeness (QED) is 0.537. The molecule has 8 nitrogen and oxygen atoms in total. The summed E-state index contributed by atoms with van der Waals surface area (Å²) < 4.78 is 27.5. The third kappa shape index (κ3) is 5.05. The summed E-state index contributed by atoms with van der Waals surface area (Å²) >= 11 is 6.16. The standard InChI is InChI=1S/C20H19ClN4O4S/c1-12-17(11-14-5-3-4-6-18(14)21)19(27)24-20(22-12)25-30(28,29)16-9-7-15(8-10-16)23-13(2)26/h3-10H,11H2,1-2H3,(H,23,26)(H2,22,24,25,27). The van der Waals surface area contributed by atoms with Gasteiger partial charge in [-0.3, -0.25) is 14.6 Å². The van der Waals surface area contributed by atoms with E-state index in [0.29, 0.717) is 22.0 Å². The molecule has 0 atom stereocenters. The number of anilines is 2. The molecule has 0 radical (unpaired) electrons. The maximum atomic E-state index is 12.6. The topological polar surface area (TPSA) is 121 Å². The Morgan fingerprint density at radius 1 is 1.13 bits per heavy atom. The Balaban J connectivity index is 1.84. The molecule has 3 N–H and O–H groups in total. The van der Waals surface area contributed by atoms with Gasteiger partial charge in [-0.2, -0.15) is 0 Å². The van der Waals surface area contributed by atoms with Crippen molar-refractivity contribution in [3.8, 4) is 0 Å². The number of amides is 1. The second-order valence-corrected chi connectivity index (χ2v) is 8.65. The van der Waals surface area contributed by atoms with E-state index in [1.54, 1.807) is 19.1 Å². The Labute approximate surface area is 178 Å². The molecular weight excluding hydrogens is 428 g/mol. The van der Waals surface area contributed by atoms with E-state index in [4.69, 9.17) is 11.6 Å². The fourth-order valence-corrected chi connectivity index (χ4v) is 3.97. The minimum atomic E-state index is -3.99. The Bertz CT molecular complexity index is 1250. The summed E-state index contributed by atoms with van der Waals surface area (Å²) in [5, 5.41) is 3.09. The van der Waals surface area contributed by atoms with Crippen LogP contribution in [0, 0.1) is 6.92 Å². The summed E-state index contributed by atoms with van der Waals surface area (Å²) in [6.07, 6.45) is 0.269. The van der Waals surface area contributed by atoms with E-state index in [2.05, 4.69) is 20.0 Å². The fourth-order valence-electron chi connectivity index (χ4n) is 2.81. The van der Waals surface area contributed by atoms with E-state index < -0.39 is 15.6 Å². The number of aromatic nitrogens is 2. The van der Waals surface area contributed by atoms with Gasteiger partial charge in [0.25, 0.3) is 15.6 Å². The van der Waals surface area contributed by atoms with Crippen molar-refractivity contribution in [2.75, 3.05) is 10.0 Å². The summed E-state index contributed by atoms with van der Waals surface area (Å²) in [5.41, 5.74) is 1.55. The zero-order chi connectivity index (χ0) is 21.9. The summed E-state index contributed by atoms with van der Waals surface area (Å²) in [4.78, 5) is 30.2. The molecule has 0 unspecified atom stereocenters. The largest absolute Gasteiger partial charge is 0.326 e. The molecule has 0 aliphatic heterocycles. The third-order valence-electron chi connectivity index (χ3n) is 4.26. The van der Waals surface area contributed by atoms with E-state index in [0.717, 1.165) is 5.56 Å². The Kier molecular flexibility index (Phi) is 6.23. The SMILES string of the molecule is CC(=O)Nc1ccc(S(=O)(=O)Nc2nc(C)c(Cc3ccccc3Cl)c(=O)[nH]2)cc1. The fraction of sp³-hybridized carbons (Fsp3) is 0.150. The van der Waals surface area contributed by atoms with Crippen molar-refractivity contribution in [3.63, 3.8) is 0 Å². The van der Waals surface area contributed by atoms with Crippen LogP contribution in [-0.4, -0.2) is 24.3 Å². The van der Waals surface area contributed by atoms with Gasteiger partial charge < -0.3 is 5.32 Å². The number of hydrogen-bond donors (Lipinski definition) is 3. The van der Waals surface area contributed by atoms with Crippen molar-refractivity contribution < 1.29 is 13.2 Å². The number of halogens is 1. The molecule has 1 amide bonds. The van der Waals surface area contributed by atoms with Gasteiger partial charge in [-0.15, -0.1) is 0 Å². The minimum absolute atomic E-state index is 0.0444. The van der Waals surface area contributed by atoms with Crippen LogP contribution in [0.5, 0.6) is 0 Å². The molecule has 156 valence electrons. The van der Waals surface area contributed by atoms with Crippen LogP contribution in [0.15, 0.2) is 58.2 Å². The lowest BCUT2D eigenvalue weighted by Crippen LogP contribution is -2.22. The highest BCUT2D eigenvalue weighted by Crippen LogP contribution is 2.20. The molecular formula is C20H19ClN4O4S. The number of sulfonamides is 1. The van der Waals surface area contributed by atoms with Gasteiger partial charge in [0.2, 0.25) is 11.9 Å². The molecule has 0 saturated carbocycles. The van der Waals surface area contributed by atoms with Crippen LogP contribution >= 0.6 is 11.6 Å². The molecule has 0 aliphatic rings. The van der Waals surface area contributed by atoms with Gasteiger partial charge in [0.1, 0.15) is 0 Å². The molecule has 0 fully saturated rings. The first-order chi connectivity index (χ1) is 14.2. The first kappa shape index (κ1) is 21.5. The second kappa shape index (κ2) is 8.68. The highest BCUT2D eigenvalue weighted by atomic mass is 35.5. The first-order valence-electron chi connectivity index (χ1n) is 8.89. The number of carbonyl (C=O) groups excluding carboxylic acids is 1. The van der Waals surface area contributed by atoms with Gasteiger partial charge in [0.15, 0.2) is 0 Å². The lowest BCUT2D eigenvalue weighted by atomic mass is 10.1. The van der Waals surface area contributed by atoms with Crippen LogP contribution in [0.2, 0.25) is 5.02 Å². The lowest BCUT2D eigenvalue weighted by molar-refractivity contribution is -0.114. The van der Waals surface area contributed by atoms with Gasteiger partial charge in [-0.25, -0.2) is 18.1 Å². The predicted octanol–water partition coefficient (Wildman–Crippen LogP) is 3.08. The smallest absolute Gasteiger partial charge is 0.264 e. The molecule has 0 saturated heterocycles. The van der Waals surface area contributed by atoms with Gasteiger partial charge in [-0.1, -0.05) is 29.8 Å². The monoisotopic (exact) mass is 446 g/mol. The van der Waals surface area contributed by atoms with Crippen molar-refractivity contribution in [1.82, 2.24) is 9.97 Å².